The number of likely N-dealkylation sites (tertiary alicyclic amines) is 1. The Hall–Kier alpha value is -2.90. The van der Waals surface area contributed by atoms with Gasteiger partial charge in [0, 0.05) is 51.4 Å². The van der Waals surface area contributed by atoms with Gasteiger partial charge in [0.05, 0.1) is 23.3 Å². The molecule has 1 spiro atoms. The van der Waals surface area contributed by atoms with Crippen LogP contribution in [0.2, 0.25) is 0 Å². The van der Waals surface area contributed by atoms with E-state index in [2.05, 4.69) is 9.97 Å². The van der Waals surface area contributed by atoms with Crippen LogP contribution in [-0.4, -0.2) is 61.6 Å². The van der Waals surface area contributed by atoms with Crippen molar-refractivity contribution >= 4 is 17.6 Å². The molecule has 0 saturated carbocycles. The van der Waals surface area contributed by atoms with E-state index in [1.165, 1.54) is 0 Å². The van der Waals surface area contributed by atoms with Crippen LogP contribution in [0.3, 0.4) is 0 Å². The van der Waals surface area contributed by atoms with E-state index < -0.39 is 17.2 Å². The third-order valence-corrected chi connectivity index (χ3v) is 6.11. The van der Waals surface area contributed by atoms with Crippen molar-refractivity contribution in [2.75, 3.05) is 19.6 Å². The van der Waals surface area contributed by atoms with Gasteiger partial charge >= 0.3 is 0 Å². The van der Waals surface area contributed by atoms with Crippen LogP contribution in [0.4, 0.5) is 0 Å². The van der Waals surface area contributed by atoms with Crippen molar-refractivity contribution in [2.45, 2.75) is 38.1 Å². The Morgan fingerprint density at radius 2 is 1.96 bits per heavy atom. The van der Waals surface area contributed by atoms with Crippen molar-refractivity contribution in [3.63, 3.8) is 0 Å². The summed E-state index contributed by atoms with van der Waals surface area (Å²) in [5.41, 5.74) is 1.88. The Bertz CT molecular complexity index is 920. The van der Waals surface area contributed by atoms with Gasteiger partial charge in [0.2, 0.25) is 5.91 Å². The summed E-state index contributed by atoms with van der Waals surface area (Å²) in [7, 11) is 1.75. The number of nitrogens with zero attached hydrogens (tertiary/aromatic N) is 4. The number of amides is 2. The van der Waals surface area contributed by atoms with Crippen molar-refractivity contribution in [1.82, 2.24) is 24.3 Å². The molecule has 2 aliphatic heterocycles. The molecule has 0 atom stereocenters. The fourth-order valence-electron chi connectivity index (χ4n) is 4.57. The smallest absolute Gasteiger partial charge is 0.296 e. The number of hydrogen-bond donors (Lipinski definition) is 1. The predicted molar refractivity (Wildman–Crippen MR) is 102 cm³/mol. The van der Waals surface area contributed by atoms with E-state index in [1.54, 1.807) is 41.2 Å². The lowest BCUT2D eigenvalue weighted by molar-refractivity contribution is -0.143. The normalized spacial score (nSPS) is 18.2. The second-order valence-corrected chi connectivity index (χ2v) is 7.54. The molecule has 2 aliphatic rings. The van der Waals surface area contributed by atoms with Crippen LogP contribution in [-0.2, 0) is 28.6 Å². The zero-order valence-corrected chi connectivity index (χ0v) is 16.3. The zero-order valence-electron chi connectivity index (χ0n) is 16.3. The van der Waals surface area contributed by atoms with Crippen LogP contribution >= 0.6 is 0 Å². The first-order valence-corrected chi connectivity index (χ1v) is 9.76. The molecule has 0 radical (unpaired) electrons. The Morgan fingerprint density at radius 3 is 2.61 bits per heavy atom. The molecule has 0 unspecified atom stereocenters. The third kappa shape index (κ3) is 2.75. The molecule has 4 rings (SSSR count). The van der Waals surface area contributed by atoms with Gasteiger partial charge in [-0.15, -0.1) is 0 Å². The molecule has 0 aliphatic carbocycles. The fraction of sp³-hybridized carbons (Fsp3) is 0.500. The molecule has 8 nitrogen and oxygen atoms in total. The number of nitrogens with one attached hydrogen (secondary N) is 1. The molecule has 0 bridgehead atoms. The molecule has 1 N–H and O–H groups in total. The van der Waals surface area contributed by atoms with E-state index >= 15 is 0 Å². The summed E-state index contributed by atoms with van der Waals surface area (Å²) in [6, 6.07) is 3.41. The highest BCUT2D eigenvalue weighted by atomic mass is 16.2. The lowest BCUT2D eigenvalue weighted by Gasteiger charge is -2.50. The highest BCUT2D eigenvalue weighted by molar-refractivity contribution is 6.42. The molecule has 8 heteroatoms. The first kappa shape index (κ1) is 18.5. The topological polar surface area (TPSA) is 91.3 Å². The Kier molecular flexibility index (Phi) is 4.56. The van der Waals surface area contributed by atoms with E-state index in [9.17, 15) is 14.4 Å². The van der Waals surface area contributed by atoms with Crippen molar-refractivity contribution in [3.8, 4) is 0 Å². The number of piperidine rings is 1. The second-order valence-electron chi connectivity index (χ2n) is 7.54. The van der Waals surface area contributed by atoms with Crippen LogP contribution in [0.15, 0.2) is 24.7 Å². The second kappa shape index (κ2) is 6.92. The van der Waals surface area contributed by atoms with Crippen molar-refractivity contribution in [3.05, 3.63) is 41.7 Å². The third-order valence-electron chi connectivity index (χ3n) is 6.11. The van der Waals surface area contributed by atoms with Crippen LogP contribution in [0.25, 0.3) is 0 Å². The molecular formula is C20H25N5O3. The number of aromatic nitrogens is 3. The number of carbonyl (C=O) groups is 3. The fourth-order valence-corrected chi connectivity index (χ4v) is 4.57. The molecule has 2 aromatic heterocycles. The van der Waals surface area contributed by atoms with Crippen LogP contribution < -0.4 is 0 Å². The van der Waals surface area contributed by atoms with Gasteiger partial charge in [0.25, 0.3) is 11.7 Å². The van der Waals surface area contributed by atoms with Crippen molar-refractivity contribution in [2.24, 2.45) is 7.05 Å². The van der Waals surface area contributed by atoms with Gasteiger partial charge in [-0.25, -0.2) is 4.98 Å². The number of rotatable bonds is 3. The molecule has 1 saturated heterocycles. The standard InChI is InChI=1S/C20H25N5O3/c1-3-16(26)25-10-6-14-18(22-13-21-14)20(25)7-11-24(12-8-20)19(28)17(27)15-5-4-9-23(15)2/h4-5,9,13H,3,6-8,10-12H2,1-2H3,(H,21,22). The maximum Gasteiger partial charge on any atom is 0.296 e. The molecule has 0 aromatic carbocycles. The van der Waals surface area contributed by atoms with E-state index in [0.717, 1.165) is 17.8 Å². The summed E-state index contributed by atoms with van der Waals surface area (Å²) in [6.45, 7) is 3.37. The minimum atomic E-state index is -0.495. The molecular weight excluding hydrogens is 358 g/mol. The van der Waals surface area contributed by atoms with E-state index in [4.69, 9.17) is 0 Å². The SMILES string of the molecule is CCC(=O)N1CCc2[nH]cnc2C12CCN(C(=O)C(=O)c1cccn1C)CC2. The summed E-state index contributed by atoms with van der Waals surface area (Å²) >= 11 is 0. The van der Waals surface area contributed by atoms with E-state index in [0.29, 0.717) is 44.6 Å². The number of aryl methyl sites for hydroxylation is 1. The number of fused-ring (bicyclic) bond motifs is 2. The lowest BCUT2D eigenvalue weighted by Crippen LogP contribution is -2.59. The summed E-state index contributed by atoms with van der Waals surface area (Å²) in [4.78, 5) is 49.2. The number of ketones is 1. The summed E-state index contributed by atoms with van der Waals surface area (Å²) in [5.74, 6) is -0.870. The molecule has 2 amide bonds. The van der Waals surface area contributed by atoms with E-state index in [-0.39, 0.29) is 5.91 Å². The number of aromatic amines is 1. The maximum absolute atomic E-state index is 12.7. The first-order valence-electron chi connectivity index (χ1n) is 9.76. The van der Waals surface area contributed by atoms with Crippen LogP contribution in [0, 0.1) is 0 Å². The van der Waals surface area contributed by atoms with Gasteiger partial charge in [-0.2, -0.15) is 0 Å². The highest BCUT2D eigenvalue weighted by Gasteiger charge is 2.49. The average Bonchev–Trinajstić information content (AvgIpc) is 3.36. The summed E-state index contributed by atoms with van der Waals surface area (Å²) in [6.07, 6.45) is 5.81. The minimum absolute atomic E-state index is 0.105. The molecule has 148 valence electrons. The minimum Gasteiger partial charge on any atom is -0.348 e. The summed E-state index contributed by atoms with van der Waals surface area (Å²) in [5, 5.41) is 0. The number of H-pyrrole nitrogens is 1. The highest BCUT2D eigenvalue weighted by Crippen LogP contribution is 2.42. The van der Waals surface area contributed by atoms with Crippen molar-refractivity contribution in [1.29, 1.82) is 0 Å². The van der Waals surface area contributed by atoms with Gasteiger partial charge in [-0.3, -0.25) is 14.4 Å². The molecule has 28 heavy (non-hydrogen) atoms. The lowest BCUT2D eigenvalue weighted by atomic mass is 9.78. The van der Waals surface area contributed by atoms with Gasteiger partial charge in [-0.1, -0.05) is 6.92 Å². The molecule has 1 fully saturated rings. The predicted octanol–water partition coefficient (Wildman–Crippen LogP) is 1.24. The largest absolute Gasteiger partial charge is 0.348 e. The molecule has 2 aromatic rings. The number of carbonyl (C=O) groups excluding carboxylic acids is 3. The molecule has 4 heterocycles. The average molecular weight is 383 g/mol. The monoisotopic (exact) mass is 383 g/mol. The maximum atomic E-state index is 12.7. The van der Waals surface area contributed by atoms with E-state index in [1.807, 2.05) is 11.8 Å². The van der Waals surface area contributed by atoms with Crippen LogP contribution in [0.1, 0.15) is 48.1 Å². The van der Waals surface area contributed by atoms with Crippen LogP contribution in [0.5, 0.6) is 0 Å². The zero-order chi connectivity index (χ0) is 19.9. The van der Waals surface area contributed by atoms with Gasteiger partial charge in [0.15, 0.2) is 0 Å². The Balaban J connectivity index is 1.56. The number of Topliss-reactive ketones (excluding diaryl/α,β-unsaturated/α-hetero) is 1. The first-order chi connectivity index (χ1) is 13.5. The Labute approximate surface area is 163 Å². The quantitative estimate of drug-likeness (QED) is 0.638. The number of imidazole rings is 1. The Morgan fingerprint density at radius 1 is 1.21 bits per heavy atom. The van der Waals surface area contributed by atoms with Crippen molar-refractivity contribution < 1.29 is 14.4 Å². The summed E-state index contributed by atoms with van der Waals surface area (Å²) < 4.78 is 1.66. The van der Waals surface area contributed by atoms with Gasteiger partial charge in [0.1, 0.15) is 0 Å². The van der Waals surface area contributed by atoms with Gasteiger partial charge < -0.3 is 19.4 Å². The number of hydrogen-bond acceptors (Lipinski definition) is 4. The van der Waals surface area contributed by atoms with Gasteiger partial charge in [-0.05, 0) is 25.0 Å².